The summed E-state index contributed by atoms with van der Waals surface area (Å²) in [5, 5.41) is 5.37. The van der Waals surface area contributed by atoms with Gasteiger partial charge in [-0.25, -0.2) is 0 Å². The van der Waals surface area contributed by atoms with Crippen molar-refractivity contribution in [2.75, 3.05) is 11.9 Å². The molecule has 0 heterocycles. The summed E-state index contributed by atoms with van der Waals surface area (Å²) in [6.45, 7) is 2.68. The minimum atomic E-state index is -4.40. The highest BCUT2D eigenvalue weighted by Crippen LogP contribution is 2.39. The maximum atomic E-state index is 12.5. The molecular formula is C17H21F3N2O2. The van der Waals surface area contributed by atoms with Gasteiger partial charge in [0.1, 0.15) is 0 Å². The zero-order chi connectivity index (χ0) is 17.7. The Balaban J connectivity index is 1.79. The molecular weight excluding hydrogens is 321 g/mol. The molecule has 2 unspecified atom stereocenters. The molecule has 0 spiro atoms. The molecule has 1 aromatic carbocycles. The summed E-state index contributed by atoms with van der Waals surface area (Å²) in [7, 11) is 0. The summed E-state index contributed by atoms with van der Waals surface area (Å²) in [5.74, 6) is -1.19. The third kappa shape index (κ3) is 4.97. The van der Waals surface area contributed by atoms with Crippen LogP contribution >= 0.6 is 0 Å². The topological polar surface area (TPSA) is 58.2 Å². The standard InChI is InChI=1S/C17H21F3N2O2/c1-2-3-4-9-21-15(23)13-10-14(13)16(24)22-12-7-5-11(6-8-12)17(18,19)20/h5-8,13-14H,2-4,9-10H2,1H3,(H,21,23)(H,22,24). The van der Waals surface area contributed by atoms with E-state index in [1.807, 2.05) is 0 Å². The van der Waals surface area contributed by atoms with E-state index in [1.54, 1.807) is 0 Å². The van der Waals surface area contributed by atoms with Crippen molar-refractivity contribution in [3.8, 4) is 0 Å². The van der Waals surface area contributed by atoms with E-state index in [9.17, 15) is 22.8 Å². The van der Waals surface area contributed by atoms with Crippen LogP contribution in [0, 0.1) is 11.8 Å². The van der Waals surface area contributed by atoms with Gasteiger partial charge in [-0.05, 0) is 37.1 Å². The summed E-state index contributed by atoms with van der Waals surface area (Å²) in [5.41, 5.74) is -0.474. The molecule has 0 radical (unpaired) electrons. The van der Waals surface area contributed by atoms with E-state index >= 15 is 0 Å². The van der Waals surface area contributed by atoms with Crippen LogP contribution in [0.5, 0.6) is 0 Å². The number of hydrogen-bond acceptors (Lipinski definition) is 2. The van der Waals surface area contributed by atoms with Gasteiger partial charge in [-0.3, -0.25) is 9.59 Å². The Morgan fingerprint density at radius 2 is 1.71 bits per heavy atom. The first-order valence-corrected chi connectivity index (χ1v) is 8.08. The molecule has 7 heteroatoms. The molecule has 2 amide bonds. The van der Waals surface area contributed by atoms with Crippen LogP contribution in [-0.2, 0) is 15.8 Å². The van der Waals surface area contributed by atoms with Gasteiger partial charge in [0.25, 0.3) is 0 Å². The van der Waals surface area contributed by atoms with Gasteiger partial charge in [0.2, 0.25) is 11.8 Å². The molecule has 2 N–H and O–H groups in total. The lowest BCUT2D eigenvalue weighted by Gasteiger charge is -2.09. The number of amides is 2. The molecule has 1 fully saturated rings. The quantitative estimate of drug-likeness (QED) is 0.744. The van der Waals surface area contributed by atoms with Crippen molar-refractivity contribution in [3.05, 3.63) is 29.8 Å². The fourth-order valence-electron chi connectivity index (χ4n) is 2.47. The van der Waals surface area contributed by atoms with Crippen molar-refractivity contribution in [3.63, 3.8) is 0 Å². The lowest BCUT2D eigenvalue weighted by molar-refractivity contribution is -0.137. The summed E-state index contributed by atoms with van der Waals surface area (Å²) >= 11 is 0. The van der Waals surface area contributed by atoms with Gasteiger partial charge >= 0.3 is 6.18 Å². The molecule has 2 atom stereocenters. The highest BCUT2D eigenvalue weighted by Gasteiger charge is 2.47. The molecule has 0 saturated heterocycles. The Morgan fingerprint density at radius 1 is 1.08 bits per heavy atom. The maximum absolute atomic E-state index is 12.5. The van der Waals surface area contributed by atoms with Crippen LogP contribution < -0.4 is 10.6 Å². The van der Waals surface area contributed by atoms with E-state index in [-0.39, 0.29) is 17.7 Å². The first-order chi connectivity index (χ1) is 11.3. The van der Waals surface area contributed by atoms with Crippen molar-refractivity contribution in [1.82, 2.24) is 5.32 Å². The number of rotatable bonds is 7. The van der Waals surface area contributed by atoms with Crippen molar-refractivity contribution in [2.45, 2.75) is 38.8 Å². The normalized spacial score (nSPS) is 19.7. The Hall–Kier alpha value is -2.05. The molecule has 0 aliphatic heterocycles. The molecule has 1 saturated carbocycles. The molecule has 4 nitrogen and oxygen atoms in total. The molecule has 24 heavy (non-hydrogen) atoms. The first kappa shape index (κ1) is 18.3. The van der Waals surface area contributed by atoms with E-state index in [2.05, 4.69) is 17.6 Å². The summed E-state index contributed by atoms with van der Waals surface area (Å²) in [4.78, 5) is 23.9. The van der Waals surface area contributed by atoms with Gasteiger partial charge in [0, 0.05) is 12.2 Å². The lowest BCUT2D eigenvalue weighted by Crippen LogP contribution is -2.28. The van der Waals surface area contributed by atoms with Gasteiger partial charge in [0.15, 0.2) is 0 Å². The largest absolute Gasteiger partial charge is 0.416 e. The fourth-order valence-corrected chi connectivity index (χ4v) is 2.47. The second-order valence-electron chi connectivity index (χ2n) is 6.01. The molecule has 0 bridgehead atoms. The molecule has 2 rings (SSSR count). The second kappa shape index (κ2) is 7.68. The van der Waals surface area contributed by atoms with Gasteiger partial charge in [-0.15, -0.1) is 0 Å². The van der Waals surface area contributed by atoms with E-state index in [0.717, 1.165) is 31.4 Å². The molecule has 1 aromatic rings. The number of unbranched alkanes of at least 4 members (excludes halogenated alkanes) is 2. The number of benzene rings is 1. The van der Waals surface area contributed by atoms with Crippen LogP contribution in [0.3, 0.4) is 0 Å². The fraction of sp³-hybridized carbons (Fsp3) is 0.529. The zero-order valence-electron chi connectivity index (χ0n) is 13.5. The SMILES string of the molecule is CCCCCNC(=O)C1CC1C(=O)Nc1ccc(C(F)(F)F)cc1. The summed E-state index contributed by atoms with van der Waals surface area (Å²) in [6.07, 6.45) is -0.899. The van der Waals surface area contributed by atoms with Crippen molar-refractivity contribution >= 4 is 17.5 Å². The maximum Gasteiger partial charge on any atom is 0.416 e. The third-order valence-electron chi connectivity index (χ3n) is 4.02. The van der Waals surface area contributed by atoms with Crippen LogP contribution in [0.1, 0.15) is 38.2 Å². The zero-order valence-corrected chi connectivity index (χ0v) is 13.5. The van der Waals surface area contributed by atoms with Crippen molar-refractivity contribution in [2.24, 2.45) is 11.8 Å². The van der Waals surface area contributed by atoms with Crippen LogP contribution in [0.25, 0.3) is 0 Å². The van der Waals surface area contributed by atoms with Gasteiger partial charge in [-0.2, -0.15) is 13.2 Å². The van der Waals surface area contributed by atoms with Crippen LogP contribution in [0.15, 0.2) is 24.3 Å². The average molecular weight is 342 g/mol. The Labute approximate surface area is 138 Å². The number of nitrogens with one attached hydrogen (secondary N) is 2. The minimum absolute atomic E-state index is 0.126. The molecule has 1 aliphatic carbocycles. The Kier molecular flexibility index (Phi) is 5.85. The van der Waals surface area contributed by atoms with Crippen LogP contribution in [-0.4, -0.2) is 18.4 Å². The van der Waals surface area contributed by atoms with Crippen molar-refractivity contribution < 1.29 is 22.8 Å². The van der Waals surface area contributed by atoms with Crippen molar-refractivity contribution in [1.29, 1.82) is 0 Å². The number of anilines is 1. The minimum Gasteiger partial charge on any atom is -0.356 e. The highest BCUT2D eigenvalue weighted by atomic mass is 19.4. The number of hydrogen-bond donors (Lipinski definition) is 2. The van der Waals surface area contributed by atoms with E-state index in [4.69, 9.17) is 0 Å². The van der Waals surface area contributed by atoms with E-state index in [0.29, 0.717) is 18.7 Å². The summed E-state index contributed by atoms with van der Waals surface area (Å²) in [6, 6.07) is 4.26. The molecule has 0 aromatic heterocycles. The van der Waals surface area contributed by atoms with Gasteiger partial charge in [0.05, 0.1) is 17.4 Å². The smallest absolute Gasteiger partial charge is 0.356 e. The third-order valence-corrected chi connectivity index (χ3v) is 4.02. The summed E-state index contributed by atoms with van der Waals surface area (Å²) < 4.78 is 37.4. The number of halogens is 3. The predicted molar refractivity (Wildman–Crippen MR) is 84.2 cm³/mol. The molecule has 132 valence electrons. The van der Waals surface area contributed by atoms with Gasteiger partial charge in [-0.1, -0.05) is 19.8 Å². The first-order valence-electron chi connectivity index (χ1n) is 8.08. The van der Waals surface area contributed by atoms with Crippen LogP contribution in [0.2, 0.25) is 0 Å². The number of carbonyl (C=O) groups excluding carboxylic acids is 2. The lowest BCUT2D eigenvalue weighted by atomic mass is 10.2. The van der Waals surface area contributed by atoms with E-state index in [1.165, 1.54) is 12.1 Å². The van der Waals surface area contributed by atoms with Gasteiger partial charge < -0.3 is 10.6 Å². The van der Waals surface area contributed by atoms with E-state index < -0.39 is 17.7 Å². The molecule has 1 aliphatic rings. The van der Waals surface area contributed by atoms with Crippen LogP contribution in [0.4, 0.5) is 18.9 Å². The number of alkyl halides is 3. The average Bonchev–Trinajstić information content (AvgIpc) is 3.32. The predicted octanol–water partition coefficient (Wildman–Crippen LogP) is 3.59. The highest BCUT2D eigenvalue weighted by molar-refractivity contribution is 5.99. The number of carbonyl (C=O) groups is 2. The Bertz CT molecular complexity index is 584. The second-order valence-corrected chi connectivity index (χ2v) is 6.01. The Morgan fingerprint density at radius 3 is 2.29 bits per heavy atom. The monoisotopic (exact) mass is 342 g/mol.